The van der Waals surface area contributed by atoms with Crippen LogP contribution in [0.1, 0.15) is 33.7 Å². The molecule has 2 rings (SSSR count). The van der Waals surface area contributed by atoms with Crippen molar-refractivity contribution in [2.24, 2.45) is 0 Å². The SMILES string of the molecule is COC(=O)c1ccc(C)c(NC(=O)CSC(C)c2ccccc2F)c1. The van der Waals surface area contributed by atoms with E-state index < -0.39 is 5.97 Å². The molecule has 0 heterocycles. The number of hydrogen-bond acceptors (Lipinski definition) is 4. The maximum atomic E-state index is 13.8. The van der Waals surface area contributed by atoms with Gasteiger partial charge in [-0.2, -0.15) is 0 Å². The number of anilines is 1. The van der Waals surface area contributed by atoms with Gasteiger partial charge >= 0.3 is 5.97 Å². The van der Waals surface area contributed by atoms with E-state index in [4.69, 9.17) is 0 Å². The highest BCUT2D eigenvalue weighted by atomic mass is 32.2. The minimum absolute atomic E-state index is 0.144. The molecule has 0 aromatic heterocycles. The van der Waals surface area contributed by atoms with E-state index in [1.54, 1.807) is 36.4 Å². The molecule has 0 radical (unpaired) electrons. The van der Waals surface area contributed by atoms with Crippen molar-refractivity contribution in [1.29, 1.82) is 0 Å². The van der Waals surface area contributed by atoms with Crippen molar-refractivity contribution in [3.8, 4) is 0 Å². The first kappa shape index (κ1) is 19.0. The van der Waals surface area contributed by atoms with E-state index in [1.807, 2.05) is 13.8 Å². The first-order valence-corrected chi connectivity index (χ1v) is 8.82. The lowest BCUT2D eigenvalue weighted by atomic mass is 10.1. The molecule has 0 aliphatic carbocycles. The Morgan fingerprint density at radius 1 is 1.24 bits per heavy atom. The van der Waals surface area contributed by atoms with E-state index >= 15 is 0 Å². The Bertz CT molecular complexity index is 779. The van der Waals surface area contributed by atoms with Crippen LogP contribution in [0.2, 0.25) is 0 Å². The fourth-order valence-corrected chi connectivity index (χ4v) is 3.13. The van der Waals surface area contributed by atoms with Crippen LogP contribution in [-0.2, 0) is 9.53 Å². The summed E-state index contributed by atoms with van der Waals surface area (Å²) in [7, 11) is 1.31. The van der Waals surface area contributed by atoms with Gasteiger partial charge in [0.05, 0.1) is 18.4 Å². The lowest BCUT2D eigenvalue weighted by Crippen LogP contribution is -2.16. The lowest BCUT2D eigenvalue weighted by molar-refractivity contribution is -0.113. The maximum absolute atomic E-state index is 13.8. The molecule has 2 aromatic rings. The number of hydrogen-bond donors (Lipinski definition) is 1. The standard InChI is InChI=1S/C19H20FNO3S/c1-12-8-9-14(19(23)24-3)10-17(12)21-18(22)11-25-13(2)15-6-4-5-7-16(15)20/h4-10,13H,11H2,1-3H3,(H,21,22). The normalized spacial score (nSPS) is 11.7. The van der Waals surface area contributed by atoms with Crippen LogP contribution in [0.25, 0.3) is 0 Å². The van der Waals surface area contributed by atoms with Crippen molar-refractivity contribution < 1.29 is 18.7 Å². The summed E-state index contributed by atoms with van der Waals surface area (Å²) in [5.74, 6) is -0.766. The quantitative estimate of drug-likeness (QED) is 0.777. The van der Waals surface area contributed by atoms with Crippen molar-refractivity contribution in [3.63, 3.8) is 0 Å². The summed E-state index contributed by atoms with van der Waals surface area (Å²) in [6.45, 7) is 3.70. The van der Waals surface area contributed by atoms with E-state index in [-0.39, 0.29) is 22.7 Å². The summed E-state index contributed by atoms with van der Waals surface area (Å²) < 4.78 is 18.4. The summed E-state index contributed by atoms with van der Waals surface area (Å²) >= 11 is 1.35. The fraction of sp³-hybridized carbons (Fsp3) is 0.263. The van der Waals surface area contributed by atoms with Crippen molar-refractivity contribution in [1.82, 2.24) is 0 Å². The summed E-state index contributed by atoms with van der Waals surface area (Å²) in [6.07, 6.45) is 0. The number of nitrogens with one attached hydrogen (secondary N) is 1. The summed E-state index contributed by atoms with van der Waals surface area (Å²) in [5, 5.41) is 2.65. The zero-order valence-electron chi connectivity index (χ0n) is 14.3. The molecule has 0 fully saturated rings. The number of aryl methyl sites for hydroxylation is 1. The monoisotopic (exact) mass is 361 g/mol. The van der Waals surface area contributed by atoms with E-state index in [0.717, 1.165) is 5.56 Å². The van der Waals surface area contributed by atoms with Gasteiger partial charge in [0, 0.05) is 16.5 Å². The molecule has 0 saturated heterocycles. The molecule has 1 N–H and O–H groups in total. The van der Waals surface area contributed by atoms with Crippen LogP contribution in [0.3, 0.4) is 0 Å². The first-order chi connectivity index (χ1) is 11.9. The second kappa shape index (κ2) is 8.67. The molecule has 1 atom stereocenters. The smallest absolute Gasteiger partial charge is 0.337 e. The lowest BCUT2D eigenvalue weighted by Gasteiger charge is -2.13. The Morgan fingerprint density at radius 3 is 2.64 bits per heavy atom. The van der Waals surface area contributed by atoms with Crippen LogP contribution in [-0.4, -0.2) is 24.7 Å². The molecule has 1 unspecified atom stereocenters. The molecule has 0 aliphatic rings. The Morgan fingerprint density at radius 2 is 1.96 bits per heavy atom. The van der Waals surface area contributed by atoms with Crippen molar-refractivity contribution in [3.05, 3.63) is 65.0 Å². The second-order valence-corrected chi connectivity index (χ2v) is 6.87. The van der Waals surface area contributed by atoms with Crippen LogP contribution in [0.5, 0.6) is 0 Å². The van der Waals surface area contributed by atoms with Crippen LogP contribution >= 0.6 is 11.8 Å². The van der Waals surface area contributed by atoms with E-state index in [0.29, 0.717) is 16.8 Å². The molecule has 0 saturated carbocycles. The van der Waals surface area contributed by atoms with Gasteiger partial charge in [0.25, 0.3) is 0 Å². The van der Waals surface area contributed by atoms with E-state index in [2.05, 4.69) is 10.1 Å². The highest BCUT2D eigenvalue weighted by Gasteiger charge is 2.14. The van der Waals surface area contributed by atoms with Crippen LogP contribution < -0.4 is 5.32 Å². The molecule has 132 valence electrons. The molecular weight excluding hydrogens is 341 g/mol. The van der Waals surface area contributed by atoms with Crippen LogP contribution in [0, 0.1) is 12.7 Å². The second-order valence-electron chi connectivity index (χ2n) is 5.54. The van der Waals surface area contributed by atoms with Crippen molar-refractivity contribution in [2.75, 3.05) is 18.2 Å². The number of carbonyl (C=O) groups excluding carboxylic acids is 2. The van der Waals surface area contributed by atoms with Crippen LogP contribution in [0.4, 0.5) is 10.1 Å². The van der Waals surface area contributed by atoms with E-state index in [9.17, 15) is 14.0 Å². The highest BCUT2D eigenvalue weighted by Crippen LogP contribution is 2.30. The number of esters is 1. The number of rotatable bonds is 6. The Labute approximate surface area is 150 Å². The predicted octanol–water partition coefficient (Wildman–Crippen LogP) is 4.35. The number of ether oxygens (including phenoxy) is 1. The topological polar surface area (TPSA) is 55.4 Å². The number of amides is 1. The molecule has 0 spiro atoms. The van der Waals surface area contributed by atoms with Gasteiger partial charge in [0.1, 0.15) is 5.82 Å². The highest BCUT2D eigenvalue weighted by molar-refractivity contribution is 8.00. The molecule has 1 amide bonds. The molecule has 4 nitrogen and oxygen atoms in total. The van der Waals surface area contributed by atoms with Crippen LogP contribution in [0.15, 0.2) is 42.5 Å². The predicted molar refractivity (Wildman–Crippen MR) is 98.4 cm³/mol. The van der Waals surface area contributed by atoms with Crippen molar-refractivity contribution >= 4 is 29.3 Å². The summed E-state index contributed by atoms with van der Waals surface area (Å²) in [5.41, 5.74) is 2.35. The molecular formula is C19H20FNO3S. The Hall–Kier alpha value is -2.34. The maximum Gasteiger partial charge on any atom is 0.337 e. The van der Waals surface area contributed by atoms with Gasteiger partial charge in [0.2, 0.25) is 5.91 Å². The van der Waals surface area contributed by atoms with Gasteiger partial charge < -0.3 is 10.1 Å². The zero-order valence-corrected chi connectivity index (χ0v) is 15.2. The number of carbonyl (C=O) groups is 2. The largest absolute Gasteiger partial charge is 0.465 e. The first-order valence-electron chi connectivity index (χ1n) is 7.77. The third kappa shape index (κ3) is 5.06. The number of methoxy groups -OCH3 is 1. The Kier molecular flexibility index (Phi) is 6.58. The third-order valence-electron chi connectivity index (χ3n) is 3.74. The number of thioether (sulfide) groups is 1. The molecule has 25 heavy (non-hydrogen) atoms. The van der Waals surface area contributed by atoms with Gasteiger partial charge in [-0.25, -0.2) is 9.18 Å². The molecule has 0 aliphatic heterocycles. The van der Waals surface area contributed by atoms with Gasteiger partial charge in [-0.05, 0) is 37.6 Å². The third-order valence-corrected chi connectivity index (χ3v) is 4.92. The molecule has 6 heteroatoms. The van der Waals surface area contributed by atoms with Gasteiger partial charge in [-0.3, -0.25) is 4.79 Å². The van der Waals surface area contributed by atoms with Gasteiger partial charge in [0.15, 0.2) is 0 Å². The summed E-state index contributed by atoms with van der Waals surface area (Å²) in [4.78, 5) is 23.8. The Balaban J connectivity index is 1.98. The average molecular weight is 361 g/mol. The minimum atomic E-state index is -0.460. The van der Waals surface area contributed by atoms with Gasteiger partial charge in [-0.15, -0.1) is 11.8 Å². The average Bonchev–Trinajstić information content (AvgIpc) is 2.61. The minimum Gasteiger partial charge on any atom is -0.465 e. The molecule has 0 bridgehead atoms. The summed E-state index contributed by atoms with van der Waals surface area (Å²) in [6, 6.07) is 11.5. The number of benzene rings is 2. The van der Waals surface area contributed by atoms with Gasteiger partial charge in [-0.1, -0.05) is 24.3 Å². The number of halogens is 1. The molecule has 2 aromatic carbocycles. The van der Waals surface area contributed by atoms with Crippen molar-refractivity contribution in [2.45, 2.75) is 19.1 Å². The van der Waals surface area contributed by atoms with E-state index in [1.165, 1.54) is 24.9 Å². The zero-order chi connectivity index (χ0) is 18.4. The fourth-order valence-electron chi connectivity index (χ4n) is 2.28.